The van der Waals surface area contributed by atoms with Gasteiger partial charge in [0.05, 0.1) is 0 Å². The van der Waals surface area contributed by atoms with Crippen LogP contribution in [-0.2, 0) is 4.79 Å². The monoisotopic (exact) mass is 395 g/mol. The van der Waals surface area contributed by atoms with Crippen LogP contribution in [0, 0.1) is 0 Å². The first kappa shape index (κ1) is 27.5. The van der Waals surface area contributed by atoms with Gasteiger partial charge in [-0.05, 0) is 19.3 Å². The molecule has 0 aliphatic carbocycles. The summed E-state index contributed by atoms with van der Waals surface area (Å²) in [6.45, 7) is 8.66. The van der Waals surface area contributed by atoms with E-state index in [1.165, 1.54) is 116 Å². The van der Waals surface area contributed by atoms with E-state index < -0.39 is 0 Å². The van der Waals surface area contributed by atoms with Gasteiger partial charge in [0.15, 0.2) is 0 Å². The minimum Gasteiger partial charge on any atom is -0.343 e. The second kappa shape index (κ2) is 22.8. The number of nitrogens with zero attached hydrogens (tertiary/aromatic N) is 1. The lowest BCUT2D eigenvalue weighted by atomic mass is 10.1. The van der Waals surface area contributed by atoms with Gasteiger partial charge in [-0.15, -0.1) is 0 Å². The topological polar surface area (TPSA) is 20.3 Å². The van der Waals surface area contributed by atoms with E-state index in [0.29, 0.717) is 5.91 Å². The van der Waals surface area contributed by atoms with Gasteiger partial charge in [0.2, 0.25) is 5.91 Å². The third-order valence-electron chi connectivity index (χ3n) is 5.88. The average molecular weight is 396 g/mol. The van der Waals surface area contributed by atoms with E-state index in [0.717, 1.165) is 25.9 Å². The molecule has 0 N–H and O–H groups in total. The predicted molar refractivity (Wildman–Crippen MR) is 126 cm³/mol. The molecule has 0 bridgehead atoms. The van der Waals surface area contributed by atoms with Crippen molar-refractivity contribution in [1.29, 1.82) is 0 Å². The molecule has 0 saturated heterocycles. The van der Waals surface area contributed by atoms with Crippen LogP contribution in [0.4, 0.5) is 0 Å². The minimum absolute atomic E-state index is 0.390. The minimum atomic E-state index is 0.390. The highest BCUT2D eigenvalue weighted by Crippen LogP contribution is 2.13. The van der Waals surface area contributed by atoms with Crippen LogP contribution in [-0.4, -0.2) is 23.9 Å². The molecule has 0 unspecified atom stereocenters. The molecule has 0 aromatic heterocycles. The predicted octanol–water partition coefficient (Wildman–Crippen LogP) is 8.68. The van der Waals surface area contributed by atoms with Gasteiger partial charge < -0.3 is 4.90 Å². The average Bonchev–Trinajstić information content (AvgIpc) is 2.69. The summed E-state index contributed by atoms with van der Waals surface area (Å²) in [6, 6.07) is 0. The van der Waals surface area contributed by atoms with Crippen molar-refractivity contribution in [2.75, 3.05) is 13.1 Å². The zero-order chi connectivity index (χ0) is 20.7. The standard InChI is InChI=1S/C26H53NO/c1-4-7-9-11-13-15-17-19-21-24-27(26(28)23-6-3)25-22-20-18-16-14-12-10-8-5-2/h4-25H2,1-3H3. The number of rotatable bonds is 22. The quantitative estimate of drug-likeness (QED) is 0.168. The van der Waals surface area contributed by atoms with Gasteiger partial charge in [0.25, 0.3) is 0 Å². The molecule has 0 fully saturated rings. The molecule has 2 nitrogen and oxygen atoms in total. The Morgan fingerprint density at radius 2 is 0.786 bits per heavy atom. The van der Waals surface area contributed by atoms with E-state index in [1.807, 2.05) is 0 Å². The number of carbonyl (C=O) groups excluding carboxylic acids is 1. The molecular formula is C26H53NO. The first-order valence-corrected chi connectivity index (χ1v) is 13.0. The van der Waals surface area contributed by atoms with Crippen LogP contribution in [0.1, 0.15) is 149 Å². The van der Waals surface area contributed by atoms with Gasteiger partial charge in [-0.1, -0.05) is 124 Å². The van der Waals surface area contributed by atoms with Gasteiger partial charge in [0, 0.05) is 19.5 Å². The van der Waals surface area contributed by atoms with Crippen molar-refractivity contribution < 1.29 is 4.79 Å². The summed E-state index contributed by atoms with van der Waals surface area (Å²) in [5, 5.41) is 0. The zero-order valence-corrected chi connectivity index (χ0v) is 19.9. The second-order valence-electron chi connectivity index (χ2n) is 8.79. The normalized spacial score (nSPS) is 11.1. The number of amides is 1. The van der Waals surface area contributed by atoms with E-state index in [-0.39, 0.29) is 0 Å². The molecule has 168 valence electrons. The molecule has 0 aromatic rings. The van der Waals surface area contributed by atoms with Crippen LogP contribution in [0.2, 0.25) is 0 Å². The third-order valence-corrected chi connectivity index (χ3v) is 5.88. The highest BCUT2D eigenvalue weighted by Gasteiger charge is 2.11. The third kappa shape index (κ3) is 18.8. The van der Waals surface area contributed by atoms with Crippen LogP contribution < -0.4 is 0 Å². The molecular weight excluding hydrogens is 342 g/mol. The maximum Gasteiger partial charge on any atom is 0.222 e. The van der Waals surface area contributed by atoms with Gasteiger partial charge in [-0.2, -0.15) is 0 Å². The maximum absolute atomic E-state index is 12.4. The van der Waals surface area contributed by atoms with E-state index in [1.54, 1.807) is 0 Å². The van der Waals surface area contributed by atoms with Crippen molar-refractivity contribution in [3.63, 3.8) is 0 Å². The van der Waals surface area contributed by atoms with Gasteiger partial charge in [-0.25, -0.2) is 0 Å². The summed E-state index contributed by atoms with van der Waals surface area (Å²) >= 11 is 0. The van der Waals surface area contributed by atoms with E-state index in [2.05, 4.69) is 25.7 Å². The molecule has 0 radical (unpaired) electrons. The largest absolute Gasteiger partial charge is 0.343 e. The fourth-order valence-corrected chi connectivity index (χ4v) is 3.96. The Balaban J connectivity index is 3.73. The number of hydrogen-bond acceptors (Lipinski definition) is 1. The van der Waals surface area contributed by atoms with Crippen molar-refractivity contribution in [3.05, 3.63) is 0 Å². The molecule has 0 aliphatic rings. The first-order chi connectivity index (χ1) is 13.8. The van der Waals surface area contributed by atoms with Crippen LogP contribution in [0.25, 0.3) is 0 Å². The van der Waals surface area contributed by atoms with Crippen molar-refractivity contribution in [1.82, 2.24) is 4.90 Å². The molecule has 28 heavy (non-hydrogen) atoms. The highest BCUT2D eigenvalue weighted by molar-refractivity contribution is 5.76. The Morgan fingerprint density at radius 3 is 1.11 bits per heavy atom. The van der Waals surface area contributed by atoms with Crippen LogP contribution in [0.3, 0.4) is 0 Å². The molecule has 0 rings (SSSR count). The molecule has 0 heterocycles. The van der Waals surface area contributed by atoms with Gasteiger partial charge >= 0.3 is 0 Å². The summed E-state index contributed by atoms with van der Waals surface area (Å²) in [4.78, 5) is 14.6. The van der Waals surface area contributed by atoms with E-state index in [9.17, 15) is 4.79 Å². The fraction of sp³-hybridized carbons (Fsp3) is 0.962. The fourth-order valence-electron chi connectivity index (χ4n) is 3.96. The summed E-state index contributed by atoms with van der Waals surface area (Å²) < 4.78 is 0. The summed E-state index contributed by atoms with van der Waals surface area (Å²) in [5.41, 5.74) is 0. The Labute approximate surface area is 178 Å². The smallest absolute Gasteiger partial charge is 0.222 e. The van der Waals surface area contributed by atoms with Crippen molar-refractivity contribution >= 4 is 5.91 Å². The lowest BCUT2D eigenvalue weighted by molar-refractivity contribution is -0.131. The SMILES string of the molecule is CCCCCCCCCCCN(CCCCCCCCCCC)C(=O)CCC. The van der Waals surface area contributed by atoms with Crippen molar-refractivity contribution in [2.45, 2.75) is 149 Å². The molecule has 0 spiro atoms. The number of hydrogen-bond donors (Lipinski definition) is 0. The molecule has 0 atom stereocenters. The van der Waals surface area contributed by atoms with Crippen LogP contribution >= 0.6 is 0 Å². The zero-order valence-electron chi connectivity index (χ0n) is 19.9. The van der Waals surface area contributed by atoms with Crippen molar-refractivity contribution in [2.24, 2.45) is 0 Å². The highest BCUT2D eigenvalue weighted by atomic mass is 16.2. The summed E-state index contributed by atoms with van der Waals surface area (Å²) in [5.74, 6) is 0.390. The molecule has 0 aliphatic heterocycles. The number of carbonyl (C=O) groups is 1. The lowest BCUT2D eigenvalue weighted by Crippen LogP contribution is -2.32. The molecule has 0 saturated carbocycles. The molecule has 0 aromatic carbocycles. The Hall–Kier alpha value is -0.530. The molecule has 1 amide bonds. The van der Waals surface area contributed by atoms with Crippen LogP contribution in [0.5, 0.6) is 0 Å². The second-order valence-corrected chi connectivity index (χ2v) is 8.79. The Kier molecular flexibility index (Phi) is 22.3. The molecule has 2 heteroatoms. The van der Waals surface area contributed by atoms with Crippen LogP contribution in [0.15, 0.2) is 0 Å². The number of unbranched alkanes of at least 4 members (excludes halogenated alkanes) is 16. The Morgan fingerprint density at radius 1 is 0.464 bits per heavy atom. The first-order valence-electron chi connectivity index (χ1n) is 13.0. The van der Waals surface area contributed by atoms with E-state index >= 15 is 0 Å². The maximum atomic E-state index is 12.4. The van der Waals surface area contributed by atoms with Crippen molar-refractivity contribution in [3.8, 4) is 0 Å². The van der Waals surface area contributed by atoms with E-state index in [4.69, 9.17) is 0 Å². The van der Waals surface area contributed by atoms with Gasteiger partial charge in [-0.3, -0.25) is 4.79 Å². The lowest BCUT2D eigenvalue weighted by Gasteiger charge is -2.22. The Bertz CT molecular complexity index is 294. The van der Waals surface area contributed by atoms with Gasteiger partial charge in [0.1, 0.15) is 0 Å². The summed E-state index contributed by atoms with van der Waals surface area (Å²) in [7, 11) is 0. The summed E-state index contributed by atoms with van der Waals surface area (Å²) in [6.07, 6.45) is 26.0.